The van der Waals surface area contributed by atoms with Crippen molar-refractivity contribution < 1.29 is 8.42 Å². The number of hydrogen-bond donors (Lipinski definition) is 0. The Bertz CT molecular complexity index is 1560. The summed E-state index contributed by atoms with van der Waals surface area (Å²) >= 11 is 6.04. The van der Waals surface area contributed by atoms with Crippen LogP contribution in [-0.2, 0) is 10.0 Å². The number of hydrogen-bond acceptors (Lipinski definition) is 2. The normalized spacial score (nSPS) is 13.5. The Morgan fingerprint density at radius 1 is 0.750 bits per heavy atom. The van der Waals surface area contributed by atoms with Gasteiger partial charge in [0.25, 0.3) is 10.0 Å². The summed E-state index contributed by atoms with van der Waals surface area (Å²) in [5, 5.41) is 1.45. The number of benzene rings is 4. The molecule has 5 aromatic rings. The van der Waals surface area contributed by atoms with Crippen LogP contribution in [0.1, 0.15) is 48.3 Å². The molecule has 5 heteroatoms. The van der Waals surface area contributed by atoms with E-state index in [0.717, 1.165) is 23.8 Å². The molecule has 0 saturated heterocycles. The second-order valence-corrected chi connectivity index (χ2v) is 11.3. The van der Waals surface area contributed by atoms with Crippen LogP contribution >= 0.6 is 11.6 Å². The molecule has 0 unspecified atom stereocenters. The lowest BCUT2D eigenvalue weighted by molar-refractivity contribution is 0.552. The molecule has 0 saturated carbocycles. The van der Waals surface area contributed by atoms with Gasteiger partial charge >= 0.3 is 0 Å². The van der Waals surface area contributed by atoms with E-state index >= 15 is 0 Å². The lowest BCUT2D eigenvalue weighted by Crippen LogP contribution is -2.14. The highest BCUT2D eigenvalue weighted by molar-refractivity contribution is 7.90. The van der Waals surface area contributed by atoms with Crippen molar-refractivity contribution in [2.75, 3.05) is 0 Å². The van der Waals surface area contributed by atoms with Crippen molar-refractivity contribution in [3.05, 3.63) is 137 Å². The predicted octanol–water partition coefficient (Wildman–Crippen LogP) is 8.25. The van der Waals surface area contributed by atoms with Crippen LogP contribution < -0.4 is 0 Å². The van der Waals surface area contributed by atoms with E-state index in [1.54, 1.807) is 24.3 Å². The fourth-order valence-corrected chi connectivity index (χ4v) is 6.67. The van der Waals surface area contributed by atoms with Gasteiger partial charge in [0, 0.05) is 22.5 Å². The third-order valence-electron chi connectivity index (χ3n) is 6.80. The summed E-state index contributed by atoms with van der Waals surface area (Å²) in [6.45, 7) is 2.20. The zero-order chi connectivity index (χ0) is 25.1. The molecular formula is C31H28ClNO2S. The number of aromatic nitrogens is 1. The van der Waals surface area contributed by atoms with Gasteiger partial charge in [-0.2, -0.15) is 0 Å². The highest BCUT2D eigenvalue weighted by Crippen LogP contribution is 2.44. The minimum absolute atomic E-state index is 0.0138. The van der Waals surface area contributed by atoms with Gasteiger partial charge in [-0.15, -0.1) is 0 Å². The van der Waals surface area contributed by atoms with E-state index in [1.165, 1.54) is 15.1 Å². The Morgan fingerprint density at radius 2 is 1.33 bits per heavy atom. The molecule has 36 heavy (non-hydrogen) atoms. The molecule has 3 nitrogen and oxygen atoms in total. The van der Waals surface area contributed by atoms with Crippen molar-refractivity contribution >= 4 is 32.5 Å². The maximum absolute atomic E-state index is 13.8. The molecule has 0 amide bonds. The summed E-state index contributed by atoms with van der Waals surface area (Å²) < 4.78 is 29.1. The molecule has 5 rings (SSSR count). The Balaban J connectivity index is 1.76. The second kappa shape index (κ2) is 10.3. The molecule has 1 aromatic heterocycles. The smallest absolute Gasteiger partial charge is 0.241 e. The Morgan fingerprint density at radius 3 is 1.97 bits per heavy atom. The number of nitrogens with zero attached hydrogens (tertiary/aromatic N) is 1. The van der Waals surface area contributed by atoms with Crippen LogP contribution in [0.2, 0.25) is 5.02 Å². The van der Waals surface area contributed by atoms with Crippen LogP contribution in [0.5, 0.6) is 0 Å². The second-order valence-electron chi connectivity index (χ2n) is 9.05. The van der Waals surface area contributed by atoms with Crippen molar-refractivity contribution in [1.29, 1.82) is 0 Å². The molecule has 0 radical (unpaired) electrons. The average Bonchev–Trinajstić information content (AvgIpc) is 3.30. The van der Waals surface area contributed by atoms with E-state index < -0.39 is 10.0 Å². The van der Waals surface area contributed by atoms with E-state index in [1.807, 2.05) is 42.6 Å². The zero-order valence-corrected chi connectivity index (χ0v) is 21.7. The standard InChI is InChI=1S/C31H28ClNO2S/c1-2-11-27(23-12-5-3-6-13-23)31(24-14-7-4-8-15-24)29-22-33(30-17-10-9-16-28(29)30)36(34,35)26-20-18-25(32)19-21-26/h3-10,12-22,27,31H,2,11H2,1H3/t27-,31+/m1/s1. The van der Waals surface area contributed by atoms with Crippen molar-refractivity contribution in [3.8, 4) is 0 Å². The van der Waals surface area contributed by atoms with Crippen molar-refractivity contribution in [2.45, 2.75) is 36.5 Å². The molecule has 4 aromatic carbocycles. The van der Waals surface area contributed by atoms with Crippen molar-refractivity contribution in [1.82, 2.24) is 3.97 Å². The van der Waals surface area contributed by atoms with E-state index in [-0.39, 0.29) is 16.7 Å². The first kappa shape index (κ1) is 24.4. The van der Waals surface area contributed by atoms with Gasteiger partial charge in [0.1, 0.15) is 0 Å². The minimum Gasteiger partial charge on any atom is -0.241 e. The third-order valence-corrected chi connectivity index (χ3v) is 8.74. The number of halogens is 1. The summed E-state index contributed by atoms with van der Waals surface area (Å²) in [5.74, 6) is 0.177. The summed E-state index contributed by atoms with van der Waals surface area (Å²) in [6, 6.07) is 35.1. The third kappa shape index (κ3) is 4.59. The zero-order valence-electron chi connectivity index (χ0n) is 20.1. The first-order valence-electron chi connectivity index (χ1n) is 12.2. The highest BCUT2D eigenvalue weighted by atomic mass is 35.5. The highest BCUT2D eigenvalue weighted by Gasteiger charge is 2.31. The summed E-state index contributed by atoms with van der Waals surface area (Å²) in [5.41, 5.74) is 4.11. The van der Waals surface area contributed by atoms with Gasteiger partial charge in [0.05, 0.1) is 10.4 Å². The Hall–Kier alpha value is -3.34. The molecule has 182 valence electrons. The molecule has 1 heterocycles. The Kier molecular flexibility index (Phi) is 6.99. The topological polar surface area (TPSA) is 39.1 Å². The molecular weight excluding hydrogens is 486 g/mol. The van der Waals surface area contributed by atoms with Crippen LogP contribution in [-0.4, -0.2) is 12.4 Å². The molecule has 0 aliphatic carbocycles. The largest absolute Gasteiger partial charge is 0.268 e. The lowest BCUT2D eigenvalue weighted by atomic mass is 9.75. The molecule has 0 N–H and O–H groups in total. The van der Waals surface area contributed by atoms with Gasteiger partial charge in [0.2, 0.25) is 0 Å². The van der Waals surface area contributed by atoms with Crippen LogP contribution in [0.3, 0.4) is 0 Å². The SMILES string of the molecule is CCC[C@H](c1ccccc1)[C@H](c1ccccc1)c1cn(S(=O)(=O)c2ccc(Cl)cc2)c2ccccc12. The van der Waals surface area contributed by atoms with E-state index in [9.17, 15) is 8.42 Å². The minimum atomic E-state index is -3.82. The monoisotopic (exact) mass is 513 g/mol. The van der Waals surface area contributed by atoms with Crippen LogP contribution in [0.4, 0.5) is 0 Å². The maximum Gasteiger partial charge on any atom is 0.268 e. The molecule has 0 aliphatic rings. The molecule has 0 fully saturated rings. The first-order chi connectivity index (χ1) is 17.5. The van der Waals surface area contributed by atoms with Crippen LogP contribution in [0.25, 0.3) is 10.9 Å². The van der Waals surface area contributed by atoms with Gasteiger partial charge in [-0.05, 0) is 59.4 Å². The first-order valence-corrected chi connectivity index (χ1v) is 14.0. The fraction of sp³-hybridized carbons (Fsp3) is 0.161. The quantitative estimate of drug-likeness (QED) is 0.209. The Labute approximate surface area is 218 Å². The maximum atomic E-state index is 13.8. The van der Waals surface area contributed by atoms with Gasteiger partial charge in [-0.1, -0.05) is 104 Å². The van der Waals surface area contributed by atoms with Gasteiger partial charge in [-0.25, -0.2) is 12.4 Å². The van der Waals surface area contributed by atoms with Gasteiger partial charge < -0.3 is 0 Å². The molecule has 0 aliphatic heterocycles. The van der Waals surface area contributed by atoms with E-state index in [0.29, 0.717) is 10.5 Å². The van der Waals surface area contributed by atoms with Crippen molar-refractivity contribution in [3.63, 3.8) is 0 Å². The summed E-state index contributed by atoms with van der Waals surface area (Å²) in [7, 11) is -3.82. The molecule has 0 spiro atoms. The van der Waals surface area contributed by atoms with Gasteiger partial charge in [0.15, 0.2) is 0 Å². The number of para-hydroxylation sites is 1. The van der Waals surface area contributed by atoms with E-state index in [2.05, 4.69) is 55.5 Å². The number of fused-ring (bicyclic) bond motifs is 1. The molecule has 0 bridgehead atoms. The summed E-state index contributed by atoms with van der Waals surface area (Å²) in [4.78, 5) is 0.212. The number of rotatable bonds is 8. The van der Waals surface area contributed by atoms with Crippen LogP contribution in [0.15, 0.2) is 120 Å². The predicted molar refractivity (Wildman–Crippen MR) is 148 cm³/mol. The lowest BCUT2D eigenvalue weighted by Gasteiger charge is -2.28. The average molecular weight is 514 g/mol. The molecule has 2 atom stereocenters. The summed E-state index contributed by atoms with van der Waals surface area (Å²) in [6.07, 6.45) is 3.83. The van der Waals surface area contributed by atoms with Gasteiger partial charge in [-0.3, -0.25) is 0 Å². The van der Waals surface area contributed by atoms with E-state index in [4.69, 9.17) is 11.6 Å². The van der Waals surface area contributed by atoms with Crippen LogP contribution in [0, 0.1) is 0 Å². The fourth-order valence-electron chi connectivity index (χ4n) is 5.17. The van der Waals surface area contributed by atoms with Crippen molar-refractivity contribution in [2.24, 2.45) is 0 Å².